The second kappa shape index (κ2) is 9.97. The summed E-state index contributed by atoms with van der Waals surface area (Å²) in [5.74, 6) is 0.171. The van der Waals surface area contributed by atoms with Crippen molar-refractivity contribution in [2.75, 3.05) is 7.11 Å². The van der Waals surface area contributed by atoms with E-state index >= 15 is 0 Å². The number of nitrogens with zero attached hydrogens (tertiary/aromatic N) is 5. The molecule has 0 bridgehead atoms. The van der Waals surface area contributed by atoms with Crippen LogP contribution >= 0.6 is 23.2 Å². The molecule has 0 radical (unpaired) electrons. The van der Waals surface area contributed by atoms with Gasteiger partial charge in [-0.05, 0) is 54.0 Å². The Morgan fingerprint density at radius 3 is 2.67 bits per heavy atom. The molecule has 10 nitrogen and oxygen atoms in total. The summed E-state index contributed by atoms with van der Waals surface area (Å²) in [5.41, 5.74) is 3.45. The molecule has 1 amide bonds. The number of rotatable bonds is 8. The Morgan fingerprint density at radius 2 is 1.97 bits per heavy atom. The molecule has 1 aliphatic carbocycles. The van der Waals surface area contributed by atoms with Gasteiger partial charge in [0.1, 0.15) is 6.54 Å². The van der Waals surface area contributed by atoms with Crippen LogP contribution in [-0.4, -0.2) is 45.4 Å². The molecule has 0 spiro atoms. The third-order valence-corrected chi connectivity index (χ3v) is 5.27. The van der Waals surface area contributed by atoms with E-state index in [0.717, 1.165) is 17.6 Å². The molecule has 1 N–H and O–H groups in total. The fourth-order valence-electron chi connectivity index (χ4n) is 2.82. The standard InChI is InChI=1S/C21H18Cl2N6O4/c1-32-17-9-12(5-8-16(17)33-21(31)13-6-7-13)10-24-25-18(30)11-29-27-20(26-28-29)19-14(22)3-2-4-15(19)23/h2-5,8-10,13H,6-7,11H2,1H3,(H,25,30)/b24-10-. The first-order valence-electron chi connectivity index (χ1n) is 9.88. The van der Waals surface area contributed by atoms with E-state index in [2.05, 4.69) is 25.9 Å². The highest BCUT2D eigenvalue weighted by atomic mass is 35.5. The summed E-state index contributed by atoms with van der Waals surface area (Å²) in [6, 6.07) is 9.96. The average Bonchev–Trinajstić information content (AvgIpc) is 3.55. The smallest absolute Gasteiger partial charge is 0.314 e. The minimum absolute atomic E-state index is 0.0246. The average molecular weight is 489 g/mol. The summed E-state index contributed by atoms with van der Waals surface area (Å²) in [6.45, 7) is -0.216. The van der Waals surface area contributed by atoms with Crippen LogP contribution in [0.15, 0.2) is 41.5 Å². The number of aromatic nitrogens is 4. The van der Waals surface area contributed by atoms with Crippen LogP contribution in [0.4, 0.5) is 0 Å². The monoisotopic (exact) mass is 488 g/mol. The molecular weight excluding hydrogens is 471 g/mol. The number of esters is 1. The predicted octanol–water partition coefficient (Wildman–Crippen LogP) is 3.12. The maximum atomic E-state index is 12.2. The number of halogens is 2. The number of amides is 1. The predicted molar refractivity (Wildman–Crippen MR) is 120 cm³/mol. The minimum Gasteiger partial charge on any atom is -0.493 e. The molecule has 4 rings (SSSR count). The Hall–Kier alpha value is -3.50. The summed E-state index contributed by atoms with van der Waals surface area (Å²) >= 11 is 12.3. The third kappa shape index (κ3) is 5.65. The highest BCUT2D eigenvalue weighted by Gasteiger charge is 2.32. The summed E-state index contributed by atoms with van der Waals surface area (Å²) in [6.07, 6.45) is 3.13. The highest BCUT2D eigenvalue weighted by molar-refractivity contribution is 6.38. The Labute approximate surface area is 198 Å². The highest BCUT2D eigenvalue weighted by Crippen LogP contribution is 2.34. The third-order valence-electron chi connectivity index (χ3n) is 4.64. The van der Waals surface area contributed by atoms with Crippen LogP contribution in [-0.2, 0) is 16.1 Å². The second-order valence-corrected chi connectivity index (χ2v) is 7.95. The van der Waals surface area contributed by atoms with Crippen molar-refractivity contribution in [1.29, 1.82) is 0 Å². The van der Waals surface area contributed by atoms with Gasteiger partial charge in [-0.3, -0.25) is 9.59 Å². The van der Waals surface area contributed by atoms with E-state index in [-0.39, 0.29) is 24.3 Å². The number of carbonyl (C=O) groups excluding carboxylic acids is 2. The van der Waals surface area contributed by atoms with Crippen molar-refractivity contribution in [2.45, 2.75) is 19.4 Å². The normalized spacial score (nSPS) is 13.2. The second-order valence-electron chi connectivity index (χ2n) is 7.14. The molecule has 2 aromatic carbocycles. The number of carbonyl (C=O) groups is 2. The van der Waals surface area contributed by atoms with Crippen molar-refractivity contribution in [3.05, 3.63) is 52.0 Å². The maximum absolute atomic E-state index is 12.2. The number of tetrazole rings is 1. The van der Waals surface area contributed by atoms with Crippen LogP contribution < -0.4 is 14.9 Å². The van der Waals surface area contributed by atoms with E-state index in [0.29, 0.717) is 32.7 Å². The molecule has 1 heterocycles. The summed E-state index contributed by atoms with van der Waals surface area (Å²) in [7, 11) is 1.47. The van der Waals surface area contributed by atoms with Crippen molar-refractivity contribution < 1.29 is 19.1 Å². The topological polar surface area (TPSA) is 121 Å². The van der Waals surface area contributed by atoms with Crippen molar-refractivity contribution in [1.82, 2.24) is 25.6 Å². The molecule has 0 saturated heterocycles. The number of hydrogen-bond donors (Lipinski definition) is 1. The van der Waals surface area contributed by atoms with Gasteiger partial charge < -0.3 is 9.47 Å². The van der Waals surface area contributed by atoms with E-state index in [1.807, 2.05) is 0 Å². The summed E-state index contributed by atoms with van der Waals surface area (Å²) in [5, 5.41) is 16.5. The first-order valence-corrected chi connectivity index (χ1v) is 10.6. The SMILES string of the molecule is COc1cc(/C=N\NC(=O)Cn2nnc(-c3c(Cl)cccc3Cl)n2)ccc1OC(=O)C1CC1. The lowest BCUT2D eigenvalue weighted by atomic mass is 10.2. The zero-order chi connectivity index (χ0) is 23.4. The van der Waals surface area contributed by atoms with Crippen LogP contribution in [0.2, 0.25) is 10.0 Å². The zero-order valence-electron chi connectivity index (χ0n) is 17.4. The zero-order valence-corrected chi connectivity index (χ0v) is 18.9. The minimum atomic E-state index is -0.470. The Kier molecular flexibility index (Phi) is 6.85. The van der Waals surface area contributed by atoms with E-state index in [9.17, 15) is 9.59 Å². The maximum Gasteiger partial charge on any atom is 0.314 e. The fourth-order valence-corrected chi connectivity index (χ4v) is 3.39. The number of hydrazone groups is 1. The van der Waals surface area contributed by atoms with Crippen molar-refractivity contribution >= 4 is 41.3 Å². The van der Waals surface area contributed by atoms with Gasteiger partial charge in [0.15, 0.2) is 11.5 Å². The van der Waals surface area contributed by atoms with E-state index < -0.39 is 5.91 Å². The van der Waals surface area contributed by atoms with E-state index in [1.165, 1.54) is 13.3 Å². The molecule has 3 aromatic rings. The fraction of sp³-hybridized carbons (Fsp3) is 0.238. The van der Waals surface area contributed by atoms with Gasteiger partial charge in [0.2, 0.25) is 5.82 Å². The summed E-state index contributed by atoms with van der Waals surface area (Å²) in [4.78, 5) is 25.1. The van der Waals surface area contributed by atoms with Crippen LogP contribution in [0.1, 0.15) is 18.4 Å². The lowest BCUT2D eigenvalue weighted by Crippen LogP contribution is -2.24. The largest absolute Gasteiger partial charge is 0.493 e. The van der Waals surface area contributed by atoms with Crippen LogP contribution in [0.25, 0.3) is 11.4 Å². The van der Waals surface area contributed by atoms with Crippen molar-refractivity contribution in [2.24, 2.45) is 11.0 Å². The Morgan fingerprint density at radius 1 is 1.21 bits per heavy atom. The van der Waals surface area contributed by atoms with Gasteiger partial charge in [0.25, 0.3) is 5.91 Å². The lowest BCUT2D eigenvalue weighted by Gasteiger charge is -2.09. The molecule has 170 valence electrons. The first kappa shape index (κ1) is 22.7. The van der Waals surface area contributed by atoms with Crippen LogP contribution in [0, 0.1) is 5.92 Å². The van der Waals surface area contributed by atoms with E-state index in [1.54, 1.807) is 36.4 Å². The number of nitrogens with one attached hydrogen (secondary N) is 1. The quantitative estimate of drug-likeness (QED) is 0.223. The number of benzene rings is 2. The molecule has 0 aliphatic heterocycles. The lowest BCUT2D eigenvalue weighted by molar-refractivity contribution is -0.135. The molecule has 1 fully saturated rings. The molecule has 12 heteroatoms. The molecule has 1 saturated carbocycles. The van der Waals surface area contributed by atoms with Crippen molar-refractivity contribution in [3.8, 4) is 22.9 Å². The first-order chi connectivity index (χ1) is 15.9. The van der Waals surface area contributed by atoms with Gasteiger partial charge in [-0.15, -0.1) is 10.2 Å². The molecule has 0 atom stereocenters. The molecule has 1 aliphatic rings. The van der Waals surface area contributed by atoms with Crippen LogP contribution in [0.3, 0.4) is 0 Å². The molecule has 0 unspecified atom stereocenters. The molecular formula is C21H18Cl2N6O4. The summed E-state index contributed by atoms with van der Waals surface area (Å²) < 4.78 is 10.6. The van der Waals surface area contributed by atoms with Crippen LogP contribution in [0.5, 0.6) is 11.5 Å². The van der Waals surface area contributed by atoms with Gasteiger partial charge in [-0.25, -0.2) is 5.43 Å². The van der Waals surface area contributed by atoms with Gasteiger partial charge >= 0.3 is 5.97 Å². The van der Waals surface area contributed by atoms with Gasteiger partial charge in [0, 0.05) is 0 Å². The number of hydrogen-bond acceptors (Lipinski definition) is 8. The molecule has 33 heavy (non-hydrogen) atoms. The Balaban J connectivity index is 1.35. The van der Waals surface area contributed by atoms with Gasteiger partial charge in [-0.1, -0.05) is 29.3 Å². The van der Waals surface area contributed by atoms with E-state index in [4.69, 9.17) is 32.7 Å². The number of ether oxygens (including phenoxy) is 2. The molecule has 1 aromatic heterocycles. The van der Waals surface area contributed by atoms with Gasteiger partial charge in [-0.2, -0.15) is 9.90 Å². The number of methoxy groups -OCH3 is 1. The van der Waals surface area contributed by atoms with Crippen molar-refractivity contribution in [3.63, 3.8) is 0 Å². The van der Waals surface area contributed by atoms with Gasteiger partial charge in [0.05, 0.1) is 34.9 Å². The Bertz CT molecular complexity index is 1200.